The molecule has 0 spiro atoms. The lowest BCUT2D eigenvalue weighted by molar-refractivity contribution is 0.0781. The zero-order valence-electron chi connectivity index (χ0n) is 15.2. The standard InChI is InChI=1S/C22H22N2O3/c1-15-7-9-17(10-8-15)21-20(14-27-23-21)22(26)24-11-18(13-25)19(12-24)16-5-3-2-4-6-16/h2-10,14,18-19,25H,11-13H2,1H3/t18?,19-/m0/s1. The minimum Gasteiger partial charge on any atom is -0.396 e. The van der Waals surface area contributed by atoms with Gasteiger partial charge >= 0.3 is 0 Å². The molecule has 1 amide bonds. The molecule has 1 N–H and O–H groups in total. The van der Waals surface area contributed by atoms with Crippen LogP contribution in [-0.2, 0) is 0 Å². The van der Waals surface area contributed by atoms with Crippen molar-refractivity contribution in [2.24, 2.45) is 5.92 Å². The molecule has 2 atom stereocenters. The molecule has 0 bridgehead atoms. The van der Waals surface area contributed by atoms with Crippen LogP contribution in [-0.4, -0.2) is 40.8 Å². The average Bonchev–Trinajstić information content (AvgIpc) is 3.36. The minimum atomic E-state index is -0.108. The van der Waals surface area contributed by atoms with Crippen molar-refractivity contribution >= 4 is 5.91 Å². The molecule has 4 rings (SSSR count). The van der Waals surface area contributed by atoms with Gasteiger partial charge in [0.05, 0.1) is 0 Å². The van der Waals surface area contributed by atoms with Crippen LogP contribution in [0.15, 0.2) is 65.4 Å². The van der Waals surface area contributed by atoms with Crippen molar-refractivity contribution in [2.45, 2.75) is 12.8 Å². The van der Waals surface area contributed by atoms with Gasteiger partial charge < -0.3 is 14.5 Å². The highest BCUT2D eigenvalue weighted by Gasteiger charge is 2.37. The highest BCUT2D eigenvalue weighted by Crippen LogP contribution is 2.34. The number of likely N-dealkylation sites (tertiary alicyclic amines) is 1. The van der Waals surface area contributed by atoms with Gasteiger partial charge in [0.2, 0.25) is 0 Å². The molecule has 1 unspecified atom stereocenters. The van der Waals surface area contributed by atoms with E-state index in [9.17, 15) is 9.90 Å². The number of rotatable bonds is 4. The Morgan fingerprint density at radius 2 is 1.89 bits per heavy atom. The van der Waals surface area contributed by atoms with Gasteiger partial charge in [0.15, 0.2) is 0 Å². The van der Waals surface area contributed by atoms with Crippen molar-refractivity contribution in [3.63, 3.8) is 0 Å². The van der Waals surface area contributed by atoms with Crippen molar-refractivity contribution in [3.8, 4) is 11.3 Å². The van der Waals surface area contributed by atoms with Crippen LogP contribution in [0.1, 0.15) is 27.4 Å². The van der Waals surface area contributed by atoms with E-state index in [1.54, 1.807) is 4.90 Å². The summed E-state index contributed by atoms with van der Waals surface area (Å²) in [4.78, 5) is 14.9. The SMILES string of the molecule is Cc1ccc(-c2nocc2C(=O)N2CC(CO)[C@H](c3ccccc3)C2)cc1. The molecule has 138 valence electrons. The van der Waals surface area contributed by atoms with Gasteiger partial charge in [-0.2, -0.15) is 0 Å². The fourth-order valence-electron chi connectivity index (χ4n) is 3.78. The Balaban J connectivity index is 1.59. The lowest BCUT2D eigenvalue weighted by Gasteiger charge is -2.16. The highest BCUT2D eigenvalue weighted by atomic mass is 16.5. The first-order valence-electron chi connectivity index (χ1n) is 9.14. The molecular weight excluding hydrogens is 340 g/mol. The maximum absolute atomic E-state index is 13.2. The topological polar surface area (TPSA) is 66.6 Å². The summed E-state index contributed by atoms with van der Waals surface area (Å²) in [5.74, 6) is 0.0468. The summed E-state index contributed by atoms with van der Waals surface area (Å²) in [6.45, 7) is 3.17. The van der Waals surface area contributed by atoms with Crippen molar-refractivity contribution in [1.29, 1.82) is 0 Å². The number of aliphatic hydroxyl groups is 1. The van der Waals surface area contributed by atoms with E-state index in [0.29, 0.717) is 24.3 Å². The van der Waals surface area contributed by atoms with Crippen LogP contribution >= 0.6 is 0 Å². The summed E-state index contributed by atoms with van der Waals surface area (Å²) >= 11 is 0. The molecule has 27 heavy (non-hydrogen) atoms. The molecule has 0 saturated carbocycles. The molecule has 2 aromatic carbocycles. The van der Waals surface area contributed by atoms with Crippen molar-refractivity contribution in [2.75, 3.05) is 19.7 Å². The number of carbonyl (C=O) groups is 1. The second kappa shape index (κ2) is 7.37. The van der Waals surface area contributed by atoms with E-state index in [-0.39, 0.29) is 24.3 Å². The van der Waals surface area contributed by atoms with E-state index >= 15 is 0 Å². The molecule has 1 aromatic heterocycles. The number of benzene rings is 2. The smallest absolute Gasteiger partial charge is 0.259 e. The summed E-state index contributed by atoms with van der Waals surface area (Å²) in [7, 11) is 0. The predicted molar refractivity (Wildman–Crippen MR) is 102 cm³/mol. The largest absolute Gasteiger partial charge is 0.396 e. The highest BCUT2D eigenvalue weighted by molar-refractivity contribution is 5.99. The Kier molecular flexibility index (Phi) is 4.77. The van der Waals surface area contributed by atoms with Crippen LogP contribution in [0.5, 0.6) is 0 Å². The summed E-state index contributed by atoms with van der Waals surface area (Å²) in [5.41, 5.74) is 4.17. The third kappa shape index (κ3) is 3.38. The first-order chi connectivity index (χ1) is 13.2. The van der Waals surface area contributed by atoms with Gasteiger partial charge in [0.1, 0.15) is 17.5 Å². The van der Waals surface area contributed by atoms with Crippen LogP contribution in [0, 0.1) is 12.8 Å². The van der Waals surface area contributed by atoms with Gasteiger partial charge in [0.25, 0.3) is 5.91 Å². The molecule has 1 fully saturated rings. The lowest BCUT2D eigenvalue weighted by atomic mass is 9.90. The first-order valence-corrected chi connectivity index (χ1v) is 9.14. The molecule has 0 aliphatic carbocycles. The third-order valence-electron chi connectivity index (χ3n) is 5.32. The van der Waals surface area contributed by atoms with E-state index in [1.807, 2.05) is 49.4 Å². The lowest BCUT2D eigenvalue weighted by Crippen LogP contribution is -2.29. The Bertz CT molecular complexity index is 918. The van der Waals surface area contributed by atoms with E-state index in [1.165, 1.54) is 6.26 Å². The van der Waals surface area contributed by atoms with E-state index in [4.69, 9.17) is 4.52 Å². The van der Waals surface area contributed by atoms with E-state index in [2.05, 4.69) is 17.3 Å². The number of nitrogens with zero attached hydrogens (tertiary/aromatic N) is 2. The number of amides is 1. The Labute approximate surface area is 158 Å². The van der Waals surface area contributed by atoms with Crippen LogP contribution in [0.3, 0.4) is 0 Å². The van der Waals surface area contributed by atoms with Crippen LogP contribution < -0.4 is 0 Å². The number of aromatic nitrogens is 1. The van der Waals surface area contributed by atoms with Gasteiger partial charge in [-0.05, 0) is 12.5 Å². The first kappa shape index (κ1) is 17.5. The molecule has 1 aliphatic heterocycles. The van der Waals surface area contributed by atoms with Gasteiger partial charge in [-0.15, -0.1) is 0 Å². The summed E-state index contributed by atoms with van der Waals surface area (Å²) in [6.07, 6.45) is 1.42. The minimum absolute atomic E-state index is 0.0269. The van der Waals surface area contributed by atoms with Crippen LogP contribution in [0.2, 0.25) is 0 Å². The van der Waals surface area contributed by atoms with Gasteiger partial charge in [-0.1, -0.05) is 65.3 Å². The second-order valence-electron chi connectivity index (χ2n) is 7.11. The molecule has 5 heteroatoms. The van der Waals surface area contributed by atoms with Gasteiger partial charge in [0, 0.05) is 37.1 Å². The molecule has 0 radical (unpaired) electrons. The summed E-state index contributed by atoms with van der Waals surface area (Å²) in [6, 6.07) is 17.9. The van der Waals surface area contributed by atoms with Gasteiger partial charge in [-0.25, -0.2) is 0 Å². The monoisotopic (exact) mass is 362 g/mol. The summed E-state index contributed by atoms with van der Waals surface area (Å²) in [5, 5.41) is 13.9. The fraction of sp³-hybridized carbons (Fsp3) is 0.273. The quantitative estimate of drug-likeness (QED) is 0.771. The predicted octanol–water partition coefficient (Wildman–Crippen LogP) is 3.50. The number of hydrogen-bond donors (Lipinski definition) is 1. The Morgan fingerprint density at radius 3 is 2.59 bits per heavy atom. The number of aryl methyl sites for hydroxylation is 1. The zero-order valence-corrected chi connectivity index (χ0v) is 15.2. The molecule has 2 heterocycles. The molecule has 3 aromatic rings. The molecule has 1 aliphatic rings. The Morgan fingerprint density at radius 1 is 1.15 bits per heavy atom. The third-order valence-corrected chi connectivity index (χ3v) is 5.32. The number of aliphatic hydroxyl groups excluding tert-OH is 1. The second-order valence-corrected chi connectivity index (χ2v) is 7.11. The summed E-state index contributed by atoms with van der Waals surface area (Å²) < 4.78 is 5.13. The van der Waals surface area contributed by atoms with Crippen LogP contribution in [0.4, 0.5) is 0 Å². The van der Waals surface area contributed by atoms with Crippen molar-refractivity contribution in [1.82, 2.24) is 10.1 Å². The van der Waals surface area contributed by atoms with E-state index in [0.717, 1.165) is 16.7 Å². The maximum Gasteiger partial charge on any atom is 0.259 e. The average molecular weight is 362 g/mol. The van der Waals surface area contributed by atoms with Crippen molar-refractivity contribution < 1.29 is 14.4 Å². The van der Waals surface area contributed by atoms with E-state index < -0.39 is 0 Å². The number of carbonyl (C=O) groups excluding carboxylic acids is 1. The zero-order chi connectivity index (χ0) is 18.8. The maximum atomic E-state index is 13.2. The molecular formula is C22H22N2O3. The van der Waals surface area contributed by atoms with Crippen LogP contribution in [0.25, 0.3) is 11.3 Å². The normalized spacial score (nSPS) is 19.4. The van der Waals surface area contributed by atoms with Gasteiger partial charge in [-0.3, -0.25) is 4.79 Å². The fourth-order valence-corrected chi connectivity index (χ4v) is 3.78. The Hall–Kier alpha value is -2.92. The molecule has 5 nitrogen and oxygen atoms in total. The molecule has 1 saturated heterocycles. The number of hydrogen-bond acceptors (Lipinski definition) is 4. The van der Waals surface area contributed by atoms with Crippen molar-refractivity contribution in [3.05, 3.63) is 77.6 Å².